The number of amides is 1. The van der Waals surface area contributed by atoms with E-state index in [1.54, 1.807) is 12.1 Å². The van der Waals surface area contributed by atoms with Gasteiger partial charge in [0.2, 0.25) is 0 Å². The zero-order valence-electron chi connectivity index (χ0n) is 23.7. The zero-order valence-corrected chi connectivity index (χ0v) is 25.2. The second-order valence-corrected chi connectivity index (χ2v) is 11.9. The number of halogens is 2. The first-order valence-electron chi connectivity index (χ1n) is 13.8. The summed E-state index contributed by atoms with van der Waals surface area (Å²) >= 11 is 12.6. The molecule has 0 unspecified atom stereocenters. The van der Waals surface area contributed by atoms with Crippen LogP contribution in [0, 0.1) is 0 Å². The summed E-state index contributed by atoms with van der Waals surface area (Å²) in [5.74, 6) is -0.509. The van der Waals surface area contributed by atoms with Crippen molar-refractivity contribution >= 4 is 63.0 Å². The third kappa shape index (κ3) is 6.31. The first-order chi connectivity index (χ1) is 19.5. The molecule has 1 aromatic heterocycles. The number of nitrogens with zero attached hydrogens (tertiary/aromatic N) is 3. The molecule has 1 saturated heterocycles. The highest BCUT2D eigenvalue weighted by Crippen LogP contribution is 2.33. The molecule has 1 aliphatic heterocycles. The lowest BCUT2D eigenvalue weighted by atomic mass is 10.1. The maximum absolute atomic E-state index is 13.2. The number of nitrogens with one attached hydrogen (secondary N) is 1. The third-order valence-corrected chi connectivity index (χ3v) is 7.98. The molecule has 1 amide bonds. The highest BCUT2D eigenvalue weighted by molar-refractivity contribution is 6.45. The number of rotatable bonds is 6. The Balaban J connectivity index is 1.19. The summed E-state index contributed by atoms with van der Waals surface area (Å²) in [6, 6.07) is 21.0. The Labute approximate surface area is 250 Å². The maximum atomic E-state index is 13.2. The standard InChI is InChI=1S/C32H34Cl2N4O3/c1-5-38-27-15-14-26(33)29(34)25(27)20-28(38)30(39)35-22-8-12-24(13-9-22)37-18-16-36(17-19-37)23-10-6-21(7-11-23)31(40)41-32(2,3)4/h6-15,20H,5,16-19H2,1-4H3,(H,35,39). The second kappa shape index (κ2) is 11.7. The lowest BCUT2D eigenvalue weighted by molar-refractivity contribution is 0.00694. The SMILES string of the molecule is CCn1c(C(=O)Nc2ccc(N3CCN(c4ccc(C(=O)OC(C)(C)C)cc4)CC3)cc2)cc2c(Cl)c(Cl)ccc21. The molecule has 1 aliphatic rings. The summed E-state index contributed by atoms with van der Waals surface area (Å²) in [4.78, 5) is 30.1. The Bertz CT molecular complexity index is 1570. The van der Waals surface area contributed by atoms with Gasteiger partial charge in [-0.05, 0) is 94.4 Å². The average Bonchev–Trinajstić information content (AvgIpc) is 3.34. The molecule has 0 spiro atoms. The van der Waals surface area contributed by atoms with Crippen LogP contribution >= 0.6 is 23.2 Å². The highest BCUT2D eigenvalue weighted by Gasteiger charge is 2.21. The summed E-state index contributed by atoms with van der Waals surface area (Å²) < 4.78 is 7.40. The van der Waals surface area contributed by atoms with Crippen molar-refractivity contribution in [3.63, 3.8) is 0 Å². The fraction of sp³-hybridized carbons (Fsp3) is 0.312. The molecule has 0 aliphatic carbocycles. The van der Waals surface area contributed by atoms with E-state index in [9.17, 15) is 9.59 Å². The van der Waals surface area contributed by atoms with Crippen LogP contribution in [-0.4, -0.2) is 48.2 Å². The molecule has 0 atom stereocenters. The van der Waals surface area contributed by atoms with Crippen LogP contribution in [0.15, 0.2) is 66.7 Å². The van der Waals surface area contributed by atoms with Crippen molar-refractivity contribution in [3.8, 4) is 0 Å². The number of carbonyl (C=O) groups is 2. The van der Waals surface area contributed by atoms with E-state index in [4.69, 9.17) is 27.9 Å². The number of hydrogen-bond donors (Lipinski definition) is 1. The Kier molecular flexibility index (Phi) is 8.20. The quantitative estimate of drug-likeness (QED) is 0.235. The van der Waals surface area contributed by atoms with Gasteiger partial charge in [0.1, 0.15) is 11.3 Å². The third-order valence-electron chi connectivity index (χ3n) is 7.16. The number of esters is 1. The van der Waals surface area contributed by atoms with Crippen LogP contribution in [0.25, 0.3) is 10.9 Å². The van der Waals surface area contributed by atoms with Gasteiger partial charge in [0.25, 0.3) is 5.91 Å². The summed E-state index contributed by atoms with van der Waals surface area (Å²) in [6.45, 7) is 11.7. The van der Waals surface area contributed by atoms with Gasteiger partial charge >= 0.3 is 5.97 Å². The molecule has 214 valence electrons. The molecule has 1 fully saturated rings. The van der Waals surface area contributed by atoms with Crippen molar-refractivity contribution in [2.75, 3.05) is 41.3 Å². The molecule has 2 heterocycles. The predicted molar refractivity (Wildman–Crippen MR) is 168 cm³/mol. The van der Waals surface area contributed by atoms with E-state index in [1.165, 1.54) is 0 Å². The van der Waals surface area contributed by atoms with Gasteiger partial charge in [-0.3, -0.25) is 4.79 Å². The normalized spacial score (nSPS) is 13.9. The van der Waals surface area contributed by atoms with Crippen molar-refractivity contribution in [3.05, 3.63) is 88.0 Å². The van der Waals surface area contributed by atoms with Gasteiger partial charge in [0, 0.05) is 55.2 Å². The number of carbonyl (C=O) groups excluding carboxylic acids is 2. The van der Waals surface area contributed by atoms with Gasteiger partial charge < -0.3 is 24.4 Å². The summed E-state index contributed by atoms with van der Waals surface area (Å²) in [5.41, 5.74) is 4.36. The number of hydrogen-bond acceptors (Lipinski definition) is 5. The van der Waals surface area contributed by atoms with Gasteiger partial charge in [0.05, 0.1) is 21.1 Å². The smallest absolute Gasteiger partial charge is 0.338 e. The summed E-state index contributed by atoms with van der Waals surface area (Å²) in [7, 11) is 0. The molecule has 1 N–H and O–H groups in total. The van der Waals surface area contributed by atoms with E-state index >= 15 is 0 Å². The minimum absolute atomic E-state index is 0.200. The van der Waals surface area contributed by atoms with Crippen LogP contribution in [0.3, 0.4) is 0 Å². The van der Waals surface area contributed by atoms with Crippen LogP contribution in [0.5, 0.6) is 0 Å². The van der Waals surface area contributed by atoms with Crippen LogP contribution in [0.1, 0.15) is 48.5 Å². The molecule has 0 saturated carbocycles. The van der Waals surface area contributed by atoms with Gasteiger partial charge in [-0.1, -0.05) is 23.2 Å². The van der Waals surface area contributed by atoms with E-state index in [1.807, 2.05) is 86.9 Å². The van der Waals surface area contributed by atoms with Crippen LogP contribution < -0.4 is 15.1 Å². The van der Waals surface area contributed by atoms with Crippen molar-refractivity contribution in [2.45, 2.75) is 39.8 Å². The minimum Gasteiger partial charge on any atom is -0.456 e. The molecule has 9 heteroatoms. The van der Waals surface area contributed by atoms with E-state index in [0.717, 1.165) is 54.1 Å². The fourth-order valence-corrected chi connectivity index (χ4v) is 5.50. The summed E-state index contributed by atoms with van der Waals surface area (Å²) in [6.07, 6.45) is 0. The lowest BCUT2D eigenvalue weighted by Gasteiger charge is -2.37. The number of piperazine rings is 1. The average molecular weight is 594 g/mol. The predicted octanol–water partition coefficient (Wildman–Crippen LogP) is 7.50. The Morgan fingerprint density at radius 3 is 1.95 bits per heavy atom. The minimum atomic E-state index is -0.518. The van der Waals surface area contributed by atoms with Crippen LogP contribution in [0.4, 0.5) is 17.1 Å². The summed E-state index contributed by atoms with van der Waals surface area (Å²) in [5, 5.41) is 4.70. The Morgan fingerprint density at radius 1 is 0.854 bits per heavy atom. The lowest BCUT2D eigenvalue weighted by Crippen LogP contribution is -2.46. The molecule has 0 bridgehead atoms. The van der Waals surface area contributed by atoms with Crippen molar-refractivity contribution < 1.29 is 14.3 Å². The maximum Gasteiger partial charge on any atom is 0.338 e. The van der Waals surface area contributed by atoms with Crippen molar-refractivity contribution in [1.82, 2.24) is 4.57 Å². The van der Waals surface area contributed by atoms with Gasteiger partial charge in [-0.15, -0.1) is 0 Å². The van der Waals surface area contributed by atoms with Crippen molar-refractivity contribution in [2.24, 2.45) is 0 Å². The van der Waals surface area contributed by atoms with E-state index in [0.29, 0.717) is 27.8 Å². The first-order valence-corrected chi connectivity index (χ1v) is 14.5. The molecular weight excluding hydrogens is 559 g/mol. The number of anilines is 3. The molecule has 5 rings (SSSR count). The molecular formula is C32H34Cl2N4O3. The van der Waals surface area contributed by atoms with E-state index < -0.39 is 5.60 Å². The number of aryl methyl sites for hydroxylation is 1. The zero-order chi connectivity index (χ0) is 29.3. The van der Waals surface area contributed by atoms with Gasteiger partial charge in [0.15, 0.2) is 0 Å². The topological polar surface area (TPSA) is 66.8 Å². The molecule has 4 aromatic rings. The van der Waals surface area contributed by atoms with Gasteiger partial charge in [-0.2, -0.15) is 0 Å². The Morgan fingerprint density at radius 2 is 1.41 bits per heavy atom. The van der Waals surface area contributed by atoms with Crippen LogP contribution in [0.2, 0.25) is 10.0 Å². The monoisotopic (exact) mass is 592 g/mol. The highest BCUT2D eigenvalue weighted by atomic mass is 35.5. The molecule has 3 aromatic carbocycles. The second-order valence-electron chi connectivity index (χ2n) is 11.1. The van der Waals surface area contributed by atoms with E-state index in [2.05, 4.69) is 15.1 Å². The molecule has 41 heavy (non-hydrogen) atoms. The number of fused-ring (bicyclic) bond motifs is 1. The first kappa shape index (κ1) is 28.8. The molecule has 7 nitrogen and oxygen atoms in total. The van der Waals surface area contributed by atoms with Gasteiger partial charge in [-0.25, -0.2) is 4.79 Å². The van der Waals surface area contributed by atoms with Crippen LogP contribution in [-0.2, 0) is 11.3 Å². The largest absolute Gasteiger partial charge is 0.456 e. The number of ether oxygens (including phenoxy) is 1. The molecule has 0 radical (unpaired) electrons. The number of aromatic nitrogens is 1. The van der Waals surface area contributed by atoms with E-state index in [-0.39, 0.29) is 11.9 Å². The Hall–Kier alpha value is -3.68. The van der Waals surface area contributed by atoms with Crippen molar-refractivity contribution in [1.29, 1.82) is 0 Å². The number of benzene rings is 3. The fourth-order valence-electron chi connectivity index (χ4n) is 5.12.